The molecule has 1 atom stereocenters. The van der Waals surface area contributed by atoms with Crippen LogP contribution in [-0.2, 0) is 11.3 Å². The van der Waals surface area contributed by atoms with Crippen LogP contribution in [-0.4, -0.2) is 46.9 Å². The molecule has 3 rings (SSSR count). The highest BCUT2D eigenvalue weighted by Gasteiger charge is 2.25. The van der Waals surface area contributed by atoms with Crippen LogP contribution in [0.4, 0.5) is 0 Å². The van der Waals surface area contributed by atoms with Gasteiger partial charge in [0.05, 0.1) is 5.69 Å². The van der Waals surface area contributed by atoms with Crippen LogP contribution in [0.15, 0.2) is 24.3 Å². The molecule has 0 aliphatic carbocycles. The molecule has 2 heterocycles. The smallest absolute Gasteiger partial charge is 0.176 e. The lowest BCUT2D eigenvalue weighted by Crippen LogP contribution is -2.32. The van der Waals surface area contributed by atoms with E-state index < -0.39 is 0 Å². The summed E-state index contributed by atoms with van der Waals surface area (Å²) >= 11 is 0. The minimum atomic E-state index is 0.423. The highest BCUT2D eigenvalue weighted by atomic mass is 16.5. The Labute approximate surface area is 144 Å². The van der Waals surface area contributed by atoms with Crippen LogP contribution >= 0.6 is 0 Å². The number of benzene rings is 1. The van der Waals surface area contributed by atoms with Gasteiger partial charge < -0.3 is 9.64 Å². The number of rotatable bonds is 5. The summed E-state index contributed by atoms with van der Waals surface area (Å²) in [6, 6.07) is 8.68. The average Bonchev–Trinajstić information content (AvgIpc) is 2.99. The fourth-order valence-corrected chi connectivity index (χ4v) is 3.39. The van der Waals surface area contributed by atoms with Gasteiger partial charge >= 0.3 is 0 Å². The van der Waals surface area contributed by atoms with Crippen molar-refractivity contribution < 1.29 is 4.74 Å². The van der Waals surface area contributed by atoms with E-state index in [1.807, 2.05) is 4.68 Å². The lowest BCUT2D eigenvalue weighted by atomic mass is 9.97. The summed E-state index contributed by atoms with van der Waals surface area (Å²) in [5.41, 5.74) is 2.42. The van der Waals surface area contributed by atoms with E-state index in [0.717, 1.165) is 23.9 Å². The Hall–Kier alpha value is -1.72. The number of methoxy groups -OCH3 is 1. The first-order valence-corrected chi connectivity index (χ1v) is 8.82. The molecule has 24 heavy (non-hydrogen) atoms. The van der Waals surface area contributed by atoms with Gasteiger partial charge in [-0.1, -0.05) is 26.0 Å². The maximum absolute atomic E-state index is 5.24. The molecule has 1 aliphatic rings. The predicted molar refractivity (Wildman–Crippen MR) is 95.6 cm³/mol. The Morgan fingerprint density at radius 2 is 2.00 bits per heavy atom. The Kier molecular flexibility index (Phi) is 5.31. The van der Waals surface area contributed by atoms with Crippen LogP contribution in [0.25, 0.3) is 5.69 Å². The molecule has 1 saturated heterocycles. The number of likely N-dealkylation sites (tertiary alicyclic amines) is 1. The molecule has 2 aromatic rings. The third-order valence-electron chi connectivity index (χ3n) is 4.74. The standard InChI is InChI=1S/C19H28N4O/c1-14(2)15-7-9-17(10-8-15)23-19(20-18(21-23)13-24-4)16-6-5-11-22(3)12-16/h7-10,14,16H,5-6,11-13H2,1-4H3. The van der Waals surface area contributed by atoms with E-state index in [1.54, 1.807) is 7.11 Å². The fourth-order valence-electron chi connectivity index (χ4n) is 3.39. The molecule has 0 spiro atoms. The molecule has 1 aliphatic heterocycles. The highest BCUT2D eigenvalue weighted by molar-refractivity contribution is 5.36. The second-order valence-electron chi connectivity index (χ2n) is 7.08. The first kappa shape index (κ1) is 17.1. The van der Waals surface area contributed by atoms with E-state index in [1.165, 1.54) is 24.9 Å². The first-order chi connectivity index (χ1) is 11.6. The minimum absolute atomic E-state index is 0.423. The van der Waals surface area contributed by atoms with Crippen LogP contribution in [0.1, 0.15) is 55.7 Å². The van der Waals surface area contributed by atoms with Gasteiger partial charge in [-0.2, -0.15) is 0 Å². The summed E-state index contributed by atoms with van der Waals surface area (Å²) < 4.78 is 7.26. The van der Waals surface area contributed by atoms with Crippen LogP contribution in [0.2, 0.25) is 0 Å². The van der Waals surface area contributed by atoms with E-state index in [0.29, 0.717) is 18.4 Å². The second kappa shape index (κ2) is 7.45. The topological polar surface area (TPSA) is 43.2 Å². The zero-order chi connectivity index (χ0) is 17.1. The Morgan fingerprint density at radius 3 is 2.62 bits per heavy atom. The number of hydrogen-bond acceptors (Lipinski definition) is 4. The number of aromatic nitrogens is 3. The molecule has 1 fully saturated rings. The van der Waals surface area contributed by atoms with Gasteiger partial charge in [-0.05, 0) is 50.0 Å². The minimum Gasteiger partial charge on any atom is -0.377 e. The van der Waals surface area contributed by atoms with E-state index in [4.69, 9.17) is 14.8 Å². The molecule has 0 N–H and O–H groups in total. The molecule has 0 radical (unpaired) electrons. The van der Waals surface area contributed by atoms with Crippen molar-refractivity contribution in [1.82, 2.24) is 19.7 Å². The number of piperidine rings is 1. The maximum Gasteiger partial charge on any atom is 0.176 e. The molecule has 130 valence electrons. The van der Waals surface area contributed by atoms with Gasteiger partial charge in [0.15, 0.2) is 5.82 Å². The summed E-state index contributed by atoms with van der Waals surface area (Å²) in [5, 5.41) is 4.71. The number of likely N-dealkylation sites (N-methyl/N-ethyl adjacent to an activating group) is 1. The molecule has 0 saturated carbocycles. The number of ether oxygens (including phenoxy) is 1. The van der Waals surface area contributed by atoms with E-state index in [2.05, 4.69) is 50.1 Å². The van der Waals surface area contributed by atoms with Crippen molar-refractivity contribution in [3.8, 4) is 5.69 Å². The van der Waals surface area contributed by atoms with E-state index >= 15 is 0 Å². The Balaban J connectivity index is 1.95. The zero-order valence-corrected chi connectivity index (χ0v) is 15.2. The molecule has 1 aromatic heterocycles. The van der Waals surface area contributed by atoms with E-state index in [9.17, 15) is 0 Å². The molecule has 5 nitrogen and oxygen atoms in total. The van der Waals surface area contributed by atoms with Crippen LogP contribution in [0.3, 0.4) is 0 Å². The van der Waals surface area contributed by atoms with Gasteiger partial charge in [0.1, 0.15) is 12.4 Å². The third kappa shape index (κ3) is 3.68. The van der Waals surface area contributed by atoms with Crippen molar-refractivity contribution in [2.24, 2.45) is 0 Å². The van der Waals surface area contributed by atoms with Crippen LogP contribution in [0.5, 0.6) is 0 Å². The van der Waals surface area contributed by atoms with E-state index in [-0.39, 0.29) is 0 Å². The quantitative estimate of drug-likeness (QED) is 0.844. The molecular formula is C19H28N4O. The molecular weight excluding hydrogens is 300 g/mol. The van der Waals surface area contributed by atoms with Crippen molar-refractivity contribution >= 4 is 0 Å². The average molecular weight is 328 g/mol. The number of hydrogen-bond donors (Lipinski definition) is 0. The van der Waals surface area contributed by atoms with Crippen molar-refractivity contribution in [1.29, 1.82) is 0 Å². The Morgan fingerprint density at radius 1 is 1.25 bits per heavy atom. The van der Waals surface area contributed by atoms with Crippen molar-refractivity contribution in [2.75, 3.05) is 27.2 Å². The normalized spacial score (nSPS) is 19.1. The first-order valence-electron chi connectivity index (χ1n) is 8.82. The molecule has 0 bridgehead atoms. The van der Waals surface area contributed by atoms with Crippen molar-refractivity contribution in [3.63, 3.8) is 0 Å². The lowest BCUT2D eigenvalue weighted by Gasteiger charge is -2.29. The molecule has 1 unspecified atom stereocenters. The highest BCUT2D eigenvalue weighted by Crippen LogP contribution is 2.27. The monoisotopic (exact) mass is 328 g/mol. The SMILES string of the molecule is COCc1nc(C2CCCN(C)C2)n(-c2ccc(C(C)C)cc2)n1. The molecule has 0 amide bonds. The van der Waals surface area contributed by atoms with Gasteiger partial charge in [-0.15, -0.1) is 5.10 Å². The lowest BCUT2D eigenvalue weighted by molar-refractivity contribution is 0.177. The van der Waals surface area contributed by atoms with Crippen LogP contribution in [0, 0.1) is 0 Å². The van der Waals surface area contributed by atoms with Gasteiger partial charge in [-0.25, -0.2) is 9.67 Å². The van der Waals surface area contributed by atoms with Crippen molar-refractivity contribution in [2.45, 2.75) is 45.1 Å². The van der Waals surface area contributed by atoms with Gasteiger partial charge in [0.2, 0.25) is 0 Å². The summed E-state index contributed by atoms with van der Waals surface area (Å²) in [5.74, 6) is 2.77. The molecule has 1 aromatic carbocycles. The van der Waals surface area contributed by atoms with Gasteiger partial charge in [0.25, 0.3) is 0 Å². The zero-order valence-electron chi connectivity index (χ0n) is 15.2. The molecule has 5 heteroatoms. The van der Waals surface area contributed by atoms with Crippen LogP contribution < -0.4 is 0 Å². The van der Waals surface area contributed by atoms with Gasteiger partial charge in [0, 0.05) is 19.6 Å². The summed E-state index contributed by atoms with van der Waals surface area (Å²) in [6.07, 6.45) is 2.37. The van der Waals surface area contributed by atoms with Crippen molar-refractivity contribution in [3.05, 3.63) is 41.5 Å². The fraction of sp³-hybridized carbons (Fsp3) is 0.579. The predicted octanol–water partition coefficient (Wildman–Crippen LogP) is 3.35. The summed E-state index contributed by atoms with van der Waals surface area (Å²) in [7, 11) is 3.87. The summed E-state index contributed by atoms with van der Waals surface area (Å²) in [4.78, 5) is 7.17. The largest absolute Gasteiger partial charge is 0.377 e. The Bertz CT molecular complexity index is 663. The second-order valence-corrected chi connectivity index (χ2v) is 7.08. The third-order valence-corrected chi connectivity index (χ3v) is 4.74. The van der Waals surface area contributed by atoms with Gasteiger partial charge in [-0.3, -0.25) is 0 Å². The number of nitrogens with zero attached hydrogens (tertiary/aromatic N) is 4. The maximum atomic E-state index is 5.24. The summed E-state index contributed by atoms with van der Waals surface area (Å²) in [6.45, 7) is 7.08.